The SMILES string of the molecule is Cc1cc(C2CCCN(C(=O)c3ccc4c(c3)COC4)C2)n[nH]1. The van der Waals surface area contributed by atoms with Crippen LogP contribution < -0.4 is 0 Å². The highest BCUT2D eigenvalue weighted by molar-refractivity contribution is 5.94. The number of aromatic nitrogens is 2. The molecule has 2 aromatic rings. The van der Waals surface area contributed by atoms with Crippen molar-refractivity contribution in [2.24, 2.45) is 0 Å². The van der Waals surface area contributed by atoms with Crippen molar-refractivity contribution in [3.8, 4) is 0 Å². The molecule has 1 aromatic heterocycles. The molecule has 1 N–H and O–H groups in total. The van der Waals surface area contributed by atoms with Crippen LogP contribution in [0.2, 0.25) is 0 Å². The summed E-state index contributed by atoms with van der Waals surface area (Å²) in [5.41, 5.74) is 5.26. The Labute approximate surface area is 135 Å². The first-order valence-electron chi connectivity index (χ1n) is 8.21. The summed E-state index contributed by atoms with van der Waals surface area (Å²) in [7, 11) is 0. The molecule has 1 aromatic carbocycles. The summed E-state index contributed by atoms with van der Waals surface area (Å²) in [4.78, 5) is 14.8. The number of benzene rings is 1. The maximum atomic E-state index is 12.8. The zero-order valence-corrected chi connectivity index (χ0v) is 13.3. The third-order valence-corrected chi connectivity index (χ3v) is 4.82. The number of carbonyl (C=O) groups excluding carboxylic acids is 1. The molecular weight excluding hydrogens is 290 g/mol. The largest absolute Gasteiger partial charge is 0.372 e. The molecule has 1 amide bonds. The Kier molecular flexibility index (Phi) is 3.65. The van der Waals surface area contributed by atoms with E-state index < -0.39 is 0 Å². The number of nitrogens with zero attached hydrogens (tertiary/aromatic N) is 2. The van der Waals surface area contributed by atoms with Gasteiger partial charge in [-0.05, 0) is 49.1 Å². The number of hydrogen-bond acceptors (Lipinski definition) is 3. The lowest BCUT2D eigenvalue weighted by molar-refractivity contribution is 0.0705. The number of aromatic amines is 1. The van der Waals surface area contributed by atoms with E-state index in [1.165, 1.54) is 5.56 Å². The normalized spacial score (nSPS) is 20.6. The van der Waals surface area contributed by atoms with Gasteiger partial charge in [0.1, 0.15) is 0 Å². The van der Waals surface area contributed by atoms with Crippen LogP contribution in [0, 0.1) is 6.92 Å². The lowest BCUT2D eigenvalue weighted by atomic mass is 9.94. The second-order valence-electron chi connectivity index (χ2n) is 6.54. The molecule has 1 unspecified atom stereocenters. The maximum Gasteiger partial charge on any atom is 0.253 e. The number of nitrogens with one attached hydrogen (secondary N) is 1. The number of ether oxygens (including phenoxy) is 1. The Bertz CT molecular complexity index is 738. The average Bonchev–Trinajstić information content (AvgIpc) is 3.22. The highest BCUT2D eigenvalue weighted by Gasteiger charge is 2.27. The van der Waals surface area contributed by atoms with Crippen LogP contribution >= 0.6 is 0 Å². The molecule has 0 aliphatic carbocycles. The first kappa shape index (κ1) is 14.5. The number of carbonyl (C=O) groups is 1. The van der Waals surface area contributed by atoms with Crippen molar-refractivity contribution >= 4 is 5.91 Å². The zero-order chi connectivity index (χ0) is 15.8. The van der Waals surface area contributed by atoms with E-state index in [0.29, 0.717) is 19.1 Å². The van der Waals surface area contributed by atoms with Gasteiger partial charge < -0.3 is 9.64 Å². The van der Waals surface area contributed by atoms with Crippen LogP contribution in [-0.2, 0) is 18.0 Å². The van der Waals surface area contributed by atoms with Gasteiger partial charge in [-0.3, -0.25) is 9.89 Å². The van der Waals surface area contributed by atoms with Crippen molar-refractivity contribution in [3.63, 3.8) is 0 Å². The molecule has 1 fully saturated rings. The molecule has 2 aliphatic rings. The molecular formula is C18H21N3O2. The maximum absolute atomic E-state index is 12.8. The molecule has 0 bridgehead atoms. The van der Waals surface area contributed by atoms with E-state index in [1.807, 2.05) is 30.0 Å². The van der Waals surface area contributed by atoms with Gasteiger partial charge in [-0.15, -0.1) is 0 Å². The number of hydrogen-bond donors (Lipinski definition) is 1. The van der Waals surface area contributed by atoms with Gasteiger partial charge >= 0.3 is 0 Å². The average molecular weight is 311 g/mol. The molecule has 4 rings (SSSR count). The number of likely N-dealkylation sites (tertiary alicyclic amines) is 1. The second-order valence-corrected chi connectivity index (χ2v) is 6.54. The van der Waals surface area contributed by atoms with Crippen molar-refractivity contribution in [3.05, 3.63) is 52.3 Å². The van der Waals surface area contributed by atoms with Crippen molar-refractivity contribution in [1.82, 2.24) is 15.1 Å². The number of aryl methyl sites for hydroxylation is 1. The van der Waals surface area contributed by atoms with E-state index >= 15 is 0 Å². The Morgan fingerprint density at radius 3 is 3.00 bits per heavy atom. The first-order chi connectivity index (χ1) is 11.2. The van der Waals surface area contributed by atoms with Crippen LogP contribution in [0.5, 0.6) is 0 Å². The number of rotatable bonds is 2. The summed E-state index contributed by atoms with van der Waals surface area (Å²) < 4.78 is 5.44. The van der Waals surface area contributed by atoms with Crippen molar-refractivity contribution < 1.29 is 9.53 Å². The third-order valence-electron chi connectivity index (χ3n) is 4.82. The molecule has 3 heterocycles. The minimum Gasteiger partial charge on any atom is -0.372 e. The molecule has 0 radical (unpaired) electrons. The monoisotopic (exact) mass is 311 g/mol. The van der Waals surface area contributed by atoms with E-state index in [0.717, 1.165) is 48.4 Å². The molecule has 2 aliphatic heterocycles. The van der Waals surface area contributed by atoms with Crippen molar-refractivity contribution in [2.45, 2.75) is 38.9 Å². The van der Waals surface area contributed by atoms with Crippen LogP contribution in [-0.4, -0.2) is 34.1 Å². The van der Waals surface area contributed by atoms with Gasteiger partial charge in [-0.25, -0.2) is 0 Å². The number of piperidine rings is 1. The van der Waals surface area contributed by atoms with Gasteiger partial charge in [0.2, 0.25) is 0 Å². The smallest absolute Gasteiger partial charge is 0.253 e. The molecule has 1 atom stereocenters. The van der Waals surface area contributed by atoms with E-state index in [-0.39, 0.29) is 5.91 Å². The predicted molar refractivity (Wildman–Crippen MR) is 86.1 cm³/mol. The van der Waals surface area contributed by atoms with Gasteiger partial charge in [0.25, 0.3) is 5.91 Å². The lowest BCUT2D eigenvalue weighted by Gasteiger charge is -2.32. The van der Waals surface area contributed by atoms with E-state index in [1.54, 1.807) is 0 Å². The molecule has 5 nitrogen and oxygen atoms in total. The summed E-state index contributed by atoms with van der Waals surface area (Å²) in [5, 5.41) is 7.38. The van der Waals surface area contributed by atoms with Crippen LogP contribution in [0.25, 0.3) is 0 Å². The molecule has 0 spiro atoms. The Morgan fingerprint density at radius 1 is 1.30 bits per heavy atom. The molecule has 5 heteroatoms. The molecule has 23 heavy (non-hydrogen) atoms. The fourth-order valence-corrected chi connectivity index (χ4v) is 3.54. The summed E-state index contributed by atoms with van der Waals surface area (Å²) in [6.45, 7) is 4.86. The Hall–Kier alpha value is -2.14. The first-order valence-corrected chi connectivity index (χ1v) is 8.21. The molecule has 0 saturated carbocycles. The minimum atomic E-state index is 0.122. The summed E-state index contributed by atoms with van der Waals surface area (Å²) in [5.74, 6) is 0.451. The number of amides is 1. The van der Waals surface area contributed by atoms with E-state index in [9.17, 15) is 4.79 Å². The molecule has 120 valence electrons. The highest BCUT2D eigenvalue weighted by Crippen LogP contribution is 2.28. The Morgan fingerprint density at radius 2 is 2.17 bits per heavy atom. The number of fused-ring (bicyclic) bond motifs is 1. The van der Waals surface area contributed by atoms with Gasteiger partial charge in [0.15, 0.2) is 0 Å². The fourth-order valence-electron chi connectivity index (χ4n) is 3.54. The topological polar surface area (TPSA) is 58.2 Å². The van der Waals surface area contributed by atoms with Gasteiger partial charge in [0.05, 0.1) is 18.9 Å². The summed E-state index contributed by atoms with van der Waals surface area (Å²) in [6.07, 6.45) is 2.11. The van der Waals surface area contributed by atoms with Crippen LogP contribution in [0.1, 0.15) is 51.6 Å². The predicted octanol–water partition coefficient (Wildman–Crippen LogP) is 2.77. The summed E-state index contributed by atoms with van der Waals surface area (Å²) >= 11 is 0. The Balaban J connectivity index is 1.51. The van der Waals surface area contributed by atoms with Crippen LogP contribution in [0.15, 0.2) is 24.3 Å². The second kappa shape index (κ2) is 5.81. The zero-order valence-electron chi connectivity index (χ0n) is 13.3. The summed E-state index contributed by atoms with van der Waals surface area (Å²) in [6, 6.07) is 8.03. The quantitative estimate of drug-likeness (QED) is 0.928. The third kappa shape index (κ3) is 2.77. The van der Waals surface area contributed by atoms with Gasteiger partial charge in [-0.1, -0.05) is 6.07 Å². The minimum absolute atomic E-state index is 0.122. The molecule has 1 saturated heterocycles. The fraction of sp³-hybridized carbons (Fsp3) is 0.444. The van der Waals surface area contributed by atoms with Crippen molar-refractivity contribution in [1.29, 1.82) is 0 Å². The van der Waals surface area contributed by atoms with Crippen LogP contribution in [0.4, 0.5) is 0 Å². The van der Waals surface area contributed by atoms with E-state index in [2.05, 4.69) is 16.3 Å². The van der Waals surface area contributed by atoms with Crippen LogP contribution in [0.3, 0.4) is 0 Å². The highest BCUT2D eigenvalue weighted by atomic mass is 16.5. The lowest BCUT2D eigenvalue weighted by Crippen LogP contribution is -2.39. The number of H-pyrrole nitrogens is 1. The van der Waals surface area contributed by atoms with E-state index in [4.69, 9.17) is 4.74 Å². The van der Waals surface area contributed by atoms with Crippen molar-refractivity contribution in [2.75, 3.05) is 13.1 Å². The van der Waals surface area contributed by atoms with Gasteiger partial charge in [0, 0.05) is 30.3 Å². The standard InChI is InChI=1S/C18H21N3O2/c1-12-7-17(20-19-12)14-3-2-6-21(9-14)18(22)13-4-5-15-10-23-11-16(15)8-13/h4-5,7-8,14H,2-3,6,9-11H2,1H3,(H,19,20). The van der Waals surface area contributed by atoms with Gasteiger partial charge in [-0.2, -0.15) is 5.10 Å².